The fourth-order valence-corrected chi connectivity index (χ4v) is 3.02. The molecule has 0 atom stereocenters. The fraction of sp³-hybridized carbons (Fsp3) is 0.348. The summed E-state index contributed by atoms with van der Waals surface area (Å²) in [6.45, 7) is 6.10. The first kappa shape index (κ1) is 19.9. The molecule has 0 aromatic heterocycles. The van der Waals surface area contributed by atoms with Gasteiger partial charge in [-0.05, 0) is 47.1 Å². The highest BCUT2D eigenvalue weighted by Gasteiger charge is 2.07. The van der Waals surface area contributed by atoms with Crippen LogP contribution in [0.5, 0.6) is 0 Å². The minimum absolute atomic E-state index is 0.172. The number of aliphatic hydroxyl groups is 1. The van der Waals surface area contributed by atoms with E-state index in [1.807, 2.05) is 0 Å². The molecule has 3 heteroatoms. The molecule has 0 bridgehead atoms. The summed E-state index contributed by atoms with van der Waals surface area (Å²) >= 11 is 0. The van der Waals surface area contributed by atoms with Gasteiger partial charge >= 0.3 is 5.97 Å². The van der Waals surface area contributed by atoms with E-state index in [0.29, 0.717) is 13.0 Å². The first-order valence-corrected chi connectivity index (χ1v) is 9.29. The summed E-state index contributed by atoms with van der Waals surface area (Å²) in [4.78, 5) is 11.3. The molecule has 26 heavy (non-hydrogen) atoms. The van der Waals surface area contributed by atoms with Gasteiger partial charge in [-0.3, -0.25) is 0 Å². The number of benzene rings is 2. The number of rotatable bonds is 10. The zero-order valence-corrected chi connectivity index (χ0v) is 15.5. The van der Waals surface area contributed by atoms with E-state index in [1.54, 1.807) is 0 Å². The normalized spacial score (nSPS) is 10.5. The Labute approximate surface area is 156 Å². The van der Waals surface area contributed by atoms with Crippen LogP contribution in [-0.2, 0) is 28.8 Å². The third-order valence-electron chi connectivity index (χ3n) is 4.42. The molecule has 0 aliphatic heterocycles. The Morgan fingerprint density at radius 2 is 1.77 bits per heavy atom. The van der Waals surface area contributed by atoms with E-state index in [1.165, 1.54) is 22.8 Å². The Kier molecular flexibility index (Phi) is 8.10. The van der Waals surface area contributed by atoms with E-state index < -0.39 is 5.97 Å². The van der Waals surface area contributed by atoms with Crippen LogP contribution in [-0.4, -0.2) is 24.3 Å². The first-order valence-electron chi connectivity index (χ1n) is 9.29. The number of hydrogen-bond donors (Lipinski definition) is 1. The fourth-order valence-electron chi connectivity index (χ4n) is 3.02. The maximum absolute atomic E-state index is 11.3. The van der Waals surface area contributed by atoms with Gasteiger partial charge in [-0.2, -0.15) is 0 Å². The number of ether oxygens (including phenoxy) is 1. The van der Waals surface area contributed by atoms with Crippen LogP contribution >= 0.6 is 0 Å². The number of aryl methyl sites for hydroxylation is 2. The summed E-state index contributed by atoms with van der Waals surface area (Å²) < 4.78 is 5.14. The Morgan fingerprint density at radius 3 is 2.42 bits per heavy atom. The van der Waals surface area contributed by atoms with Crippen molar-refractivity contribution in [3.63, 3.8) is 0 Å². The van der Waals surface area contributed by atoms with Crippen LogP contribution in [0.25, 0.3) is 11.1 Å². The topological polar surface area (TPSA) is 46.5 Å². The van der Waals surface area contributed by atoms with Crippen molar-refractivity contribution >= 4 is 5.97 Å². The van der Waals surface area contributed by atoms with E-state index in [9.17, 15) is 4.79 Å². The van der Waals surface area contributed by atoms with Gasteiger partial charge in [0.05, 0.1) is 6.61 Å². The van der Waals surface area contributed by atoms with Gasteiger partial charge in [0, 0.05) is 19.1 Å². The van der Waals surface area contributed by atoms with Crippen molar-refractivity contribution in [2.75, 3.05) is 13.2 Å². The molecular weight excluding hydrogens is 324 g/mol. The molecule has 0 aliphatic carbocycles. The number of aliphatic hydroxyl groups excluding tert-OH is 1. The number of carbonyl (C=O) groups is 1. The smallest absolute Gasteiger partial charge is 0.330 e. The molecule has 0 fully saturated rings. The summed E-state index contributed by atoms with van der Waals surface area (Å²) in [5.74, 6) is -0.399. The SMILES string of the molecule is C=CC(=O)OCCc1cc(-c2ccc(CCC)cc2)ccc1CCCO. The zero-order valence-electron chi connectivity index (χ0n) is 15.5. The minimum Gasteiger partial charge on any atom is -0.462 e. The molecule has 2 aromatic carbocycles. The predicted molar refractivity (Wildman–Crippen MR) is 106 cm³/mol. The van der Waals surface area contributed by atoms with Gasteiger partial charge in [0.1, 0.15) is 0 Å². The molecule has 138 valence electrons. The highest BCUT2D eigenvalue weighted by Crippen LogP contribution is 2.24. The lowest BCUT2D eigenvalue weighted by Crippen LogP contribution is -2.06. The van der Waals surface area contributed by atoms with E-state index in [-0.39, 0.29) is 6.61 Å². The molecule has 1 N–H and O–H groups in total. The van der Waals surface area contributed by atoms with E-state index >= 15 is 0 Å². The molecule has 2 aromatic rings. The molecule has 0 radical (unpaired) electrons. The molecule has 0 amide bonds. The average molecular weight is 352 g/mol. The second-order valence-corrected chi connectivity index (χ2v) is 6.38. The molecular formula is C23H28O3. The molecule has 0 unspecified atom stereocenters. The van der Waals surface area contributed by atoms with E-state index in [4.69, 9.17) is 9.84 Å². The van der Waals surface area contributed by atoms with Gasteiger partial charge in [-0.15, -0.1) is 0 Å². The molecule has 0 aliphatic rings. The summed E-state index contributed by atoms with van der Waals surface area (Å²) in [6, 6.07) is 15.1. The van der Waals surface area contributed by atoms with Crippen LogP contribution in [0.15, 0.2) is 55.1 Å². The van der Waals surface area contributed by atoms with Crippen LogP contribution in [0.3, 0.4) is 0 Å². The van der Waals surface area contributed by atoms with Crippen LogP contribution in [0.4, 0.5) is 0 Å². The highest BCUT2D eigenvalue weighted by atomic mass is 16.5. The quantitative estimate of drug-likeness (QED) is 0.506. The van der Waals surface area contributed by atoms with Gasteiger partial charge < -0.3 is 9.84 Å². The van der Waals surface area contributed by atoms with Crippen molar-refractivity contribution in [1.82, 2.24) is 0 Å². The largest absolute Gasteiger partial charge is 0.462 e. The predicted octanol–water partition coefficient (Wildman–Crippen LogP) is 4.50. The van der Waals surface area contributed by atoms with E-state index in [2.05, 4.69) is 56.0 Å². The maximum atomic E-state index is 11.3. The Bertz CT molecular complexity index is 717. The zero-order chi connectivity index (χ0) is 18.8. The van der Waals surface area contributed by atoms with Crippen LogP contribution < -0.4 is 0 Å². The van der Waals surface area contributed by atoms with Gasteiger partial charge in [0.25, 0.3) is 0 Å². The lowest BCUT2D eigenvalue weighted by atomic mass is 9.94. The van der Waals surface area contributed by atoms with Gasteiger partial charge in [-0.25, -0.2) is 4.79 Å². The van der Waals surface area contributed by atoms with Crippen molar-refractivity contribution in [3.8, 4) is 11.1 Å². The van der Waals surface area contributed by atoms with Gasteiger partial charge in [-0.1, -0.05) is 62.4 Å². The molecule has 2 rings (SSSR count). The summed E-state index contributed by atoms with van der Waals surface area (Å²) in [5.41, 5.74) is 6.05. The molecule has 0 saturated heterocycles. The van der Waals surface area contributed by atoms with Crippen LogP contribution in [0, 0.1) is 0 Å². The second kappa shape index (κ2) is 10.6. The first-order chi connectivity index (χ1) is 12.7. The summed E-state index contributed by atoms with van der Waals surface area (Å²) in [5, 5.41) is 9.12. The maximum Gasteiger partial charge on any atom is 0.330 e. The minimum atomic E-state index is -0.399. The lowest BCUT2D eigenvalue weighted by molar-refractivity contribution is -0.137. The Hall–Kier alpha value is -2.39. The van der Waals surface area contributed by atoms with Crippen molar-refractivity contribution in [2.45, 2.75) is 39.0 Å². The summed E-state index contributed by atoms with van der Waals surface area (Å²) in [7, 11) is 0. The van der Waals surface area contributed by atoms with Crippen molar-refractivity contribution in [1.29, 1.82) is 0 Å². The lowest BCUT2D eigenvalue weighted by Gasteiger charge is -2.13. The third-order valence-corrected chi connectivity index (χ3v) is 4.42. The van der Waals surface area contributed by atoms with Crippen molar-refractivity contribution in [3.05, 3.63) is 71.8 Å². The Morgan fingerprint density at radius 1 is 1.04 bits per heavy atom. The van der Waals surface area contributed by atoms with Gasteiger partial charge in [0.2, 0.25) is 0 Å². The van der Waals surface area contributed by atoms with E-state index in [0.717, 1.165) is 36.8 Å². The molecule has 0 spiro atoms. The van der Waals surface area contributed by atoms with Crippen molar-refractivity contribution < 1.29 is 14.6 Å². The number of hydrogen-bond acceptors (Lipinski definition) is 3. The van der Waals surface area contributed by atoms with Gasteiger partial charge in [0.15, 0.2) is 0 Å². The van der Waals surface area contributed by atoms with Crippen LogP contribution in [0.1, 0.15) is 36.5 Å². The number of carbonyl (C=O) groups excluding carboxylic acids is 1. The monoisotopic (exact) mass is 352 g/mol. The Balaban J connectivity index is 2.20. The van der Waals surface area contributed by atoms with Crippen molar-refractivity contribution in [2.24, 2.45) is 0 Å². The molecule has 0 saturated carbocycles. The highest BCUT2D eigenvalue weighted by molar-refractivity contribution is 5.81. The number of esters is 1. The molecule has 3 nitrogen and oxygen atoms in total. The summed E-state index contributed by atoms with van der Waals surface area (Å²) in [6.07, 6.45) is 5.62. The average Bonchev–Trinajstić information content (AvgIpc) is 2.67. The standard InChI is InChI=1S/C23H28O3/c1-3-6-18-8-10-20(11-9-18)21-13-12-19(7-5-15-24)22(17-21)14-16-26-23(25)4-2/h4,8-13,17,24H,2-3,5-7,14-16H2,1H3. The third kappa shape index (κ3) is 5.85. The second-order valence-electron chi connectivity index (χ2n) is 6.38. The van der Waals surface area contributed by atoms with Crippen LogP contribution in [0.2, 0.25) is 0 Å². The molecule has 0 heterocycles.